The average Bonchev–Trinajstić information content (AvgIpc) is 2.55. The standard InChI is InChI=1S/C19H31N3O2/c1-14-13-21(4)12-11-18(14)22(5)19(23)20-15(2)16(3)24-17-9-7-6-8-10-17/h6-10,14-16,18H,11-13H2,1-5H3,(H,20,23)/t14-,15+,16-,18+/m1/s1. The summed E-state index contributed by atoms with van der Waals surface area (Å²) in [5.74, 6) is 1.30. The number of amides is 2. The van der Waals surface area contributed by atoms with Crippen molar-refractivity contribution < 1.29 is 9.53 Å². The lowest BCUT2D eigenvalue weighted by atomic mass is 9.93. The molecule has 1 aromatic rings. The number of piperidine rings is 1. The van der Waals surface area contributed by atoms with Crippen molar-refractivity contribution in [3.05, 3.63) is 30.3 Å². The summed E-state index contributed by atoms with van der Waals surface area (Å²) < 4.78 is 5.90. The van der Waals surface area contributed by atoms with E-state index in [0.29, 0.717) is 12.0 Å². The zero-order valence-corrected chi connectivity index (χ0v) is 15.5. The van der Waals surface area contributed by atoms with E-state index < -0.39 is 0 Å². The topological polar surface area (TPSA) is 44.8 Å². The highest BCUT2D eigenvalue weighted by Crippen LogP contribution is 2.20. The quantitative estimate of drug-likeness (QED) is 0.901. The maximum Gasteiger partial charge on any atom is 0.317 e. The van der Waals surface area contributed by atoms with Crippen molar-refractivity contribution in [2.75, 3.05) is 27.2 Å². The number of hydrogen-bond acceptors (Lipinski definition) is 3. The number of likely N-dealkylation sites (tertiary alicyclic amines) is 1. The van der Waals surface area contributed by atoms with Gasteiger partial charge in [-0.1, -0.05) is 25.1 Å². The lowest BCUT2D eigenvalue weighted by Crippen LogP contribution is -2.55. The highest BCUT2D eigenvalue weighted by Gasteiger charge is 2.30. The molecule has 1 saturated heterocycles. The van der Waals surface area contributed by atoms with Crippen LogP contribution in [-0.2, 0) is 0 Å². The molecular formula is C19H31N3O2. The van der Waals surface area contributed by atoms with Crippen LogP contribution in [0.1, 0.15) is 27.2 Å². The number of ether oxygens (including phenoxy) is 1. The normalized spacial score (nSPS) is 24.0. The SMILES string of the molecule is C[C@@H]1CN(C)CC[C@@H]1N(C)C(=O)N[C@@H](C)[C@@H](C)Oc1ccccc1. The van der Waals surface area contributed by atoms with E-state index in [2.05, 4.69) is 24.2 Å². The largest absolute Gasteiger partial charge is 0.489 e. The van der Waals surface area contributed by atoms with E-state index in [0.717, 1.165) is 25.3 Å². The van der Waals surface area contributed by atoms with Gasteiger partial charge in [-0.25, -0.2) is 4.79 Å². The van der Waals surface area contributed by atoms with Crippen LogP contribution in [0, 0.1) is 5.92 Å². The Labute approximate surface area is 146 Å². The third-order valence-corrected chi connectivity index (χ3v) is 5.00. The summed E-state index contributed by atoms with van der Waals surface area (Å²) >= 11 is 0. The molecular weight excluding hydrogens is 302 g/mol. The van der Waals surface area contributed by atoms with Crippen molar-refractivity contribution in [2.45, 2.75) is 45.4 Å². The van der Waals surface area contributed by atoms with Crippen molar-refractivity contribution in [3.8, 4) is 5.75 Å². The number of carbonyl (C=O) groups excluding carboxylic acids is 1. The Morgan fingerprint density at radius 2 is 2.00 bits per heavy atom. The van der Waals surface area contributed by atoms with E-state index in [-0.39, 0.29) is 18.2 Å². The number of para-hydroxylation sites is 1. The Balaban J connectivity index is 1.86. The smallest absolute Gasteiger partial charge is 0.317 e. The summed E-state index contributed by atoms with van der Waals surface area (Å²) in [4.78, 5) is 16.8. The molecule has 1 N–H and O–H groups in total. The van der Waals surface area contributed by atoms with Crippen LogP contribution in [0.4, 0.5) is 4.79 Å². The molecule has 5 heteroatoms. The fourth-order valence-corrected chi connectivity index (χ4v) is 3.30. The van der Waals surface area contributed by atoms with Gasteiger partial charge in [0.1, 0.15) is 11.9 Å². The monoisotopic (exact) mass is 333 g/mol. The van der Waals surface area contributed by atoms with E-state index in [1.54, 1.807) is 0 Å². The number of urea groups is 1. The van der Waals surface area contributed by atoms with Gasteiger partial charge < -0.3 is 19.9 Å². The zero-order chi connectivity index (χ0) is 17.7. The van der Waals surface area contributed by atoms with Crippen LogP contribution in [0.5, 0.6) is 5.75 Å². The van der Waals surface area contributed by atoms with Gasteiger partial charge in [0.2, 0.25) is 0 Å². The fourth-order valence-electron chi connectivity index (χ4n) is 3.30. The molecule has 2 amide bonds. The number of nitrogens with zero attached hydrogens (tertiary/aromatic N) is 2. The molecule has 0 bridgehead atoms. The van der Waals surface area contributed by atoms with E-state index >= 15 is 0 Å². The molecule has 1 aliphatic heterocycles. The van der Waals surface area contributed by atoms with Crippen molar-refractivity contribution in [1.29, 1.82) is 0 Å². The van der Waals surface area contributed by atoms with Crippen LogP contribution in [0.15, 0.2) is 30.3 Å². The molecule has 0 saturated carbocycles. The van der Waals surface area contributed by atoms with Crippen molar-refractivity contribution in [2.24, 2.45) is 5.92 Å². The Kier molecular flexibility index (Phi) is 6.49. The van der Waals surface area contributed by atoms with Gasteiger partial charge in [0.15, 0.2) is 0 Å². The van der Waals surface area contributed by atoms with Crippen LogP contribution >= 0.6 is 0 Å². The minimum Gasteiger partial charge on any atom is -0.489 e. The first kappa shape index (κ1) is 18.6. The summed E-state index contributed by atoms with van der Waals surface area (Å²) in [6.07, 6.45) is 0.922. The predicted molar refractivity (Wildman–Crippen MR) is 97.4 cm³/mol. The molecule has 2 rings (SSSR count). The van der Waals surface area contributed by atoms with Gasteiger partial charge in [0.25, 0.3) is 0 Å². The van der Waals surface area contributed by atoms with Crippen LogP contribution in [-0.4, -0.2) is 61.2 Å². The second kappa shape index (κ2) is 8.38. The molecule has 0 unspecified atom stereocenters. The van der Waals surface area contributed by atoms with Gasteiger partial charge >= 0.3 is 6.03 Å². The molecule has 4 atom stereocenters. The van der Waals surface area contributed by atoms with Crippen molar-refractivity contribution in [3.63, 3.8) is 0 Å². The number of benzene rings is 1. The van der Waals surface area contributed by atoms with Gasteiger partial charge in [-0.2, -0.15) is 0 Å². The molecule has 24 heavy (non-hydrogen) atoms. The lowest BCUT2D eigenvalue weighted by Gasteiger charge is -2.40. The Morgan fingerprint density at radius 3 is 2.62 bits per heavy atom. The average molecular weight is 333 g/mol. The lowest BCUT2D eigenvalue weighted by molar-refractivity contribution is 0.101. The first-order chi connectivity index (χ1) is 11.4. The third kappa shape index (κ3) is 4.87. The molecule has 0 aromatic heterocycles. The van der Waals surface area contributed by atoms with Crippen LogP contribution in [0.25, 0.3) is 0 Å². The van der Waals surface area contributed by atoms with E-state index in [9.17, 15) is 4.79 Å². The van der Waals surface area contributed by atoms with E-state index in [1.807, 2.05) is 56.1 Å². The fraction of sp³-hybridized carbons (Fsp3) is 0.632. The van der Waals surface area contributed by atoms with E-state index in [4.69, 9.17) is 4.74 Å². The number of nitrogens with one attached hydrogen (secondary N) is 1. The van der Waals surface area contributed by atoms with Crippen LogP contribution in [0.3, 0.4) is 0 Å². The number of rotatable bonds is 5. The maximum absolute atomic E-state index is 12.6. The molecule has 1 aromatic carbocycles. The van der Waals surface area contributed by atoms with Gasteiger partial charge in [-0.15, -0.1) is 0 Å². The summed E-state index contributed by atoms with van der Waals surface area (Å²) in [5, 5.41) is 3.08. The molecule has 0 aliphatic carbocycles. The summed E-state index contributed by atoms with van der Waals surface area (Å²) in [7, 11) is 4.04. The Hall–Kier alpha value is -1.75. The third-order valence-electron chi connectivity index (χ3n) is 5.00. The predicted octanol–water partition coefficient (Wildman–Crippen LogP) is 2.82. The number of carbonyl (C=O) groups is 1. The molecule has 1 heterocycles. The second-order valence-corrected chi connectivity index (χ2v) is 7.08. The second-order valence-electron chi connectivity index (χ2n) is 7.08. The van der Waals surface area contributed by atoms with Gasteiger partial charge in [-0.05, 0) is 51.9 Å². The van der Waals surface area contributed by atoms with Crippen LogP contribution in [0.2, 0.25) is 0 Å². The summed E-state index contributed by atoms with van der Waals surface area (Å²) in [6.45, 7) is 8.25. The molecule has 5 nitrogen and oxygen atoms in total. The van der Waals surface area contributed by atoms with Gasteiger partial charge in [0, 0.05) is 19.6 Å². The van der Waals surface area contributed by atoms with E-state index in [1.165, 1.54) is 0 Å². The molecule has 0 radical (unpaired) electrons. The number of hydrogen-bond donors (Lipinski definition) is 1. The van der Waals surface area contributed by atoms with Crippen molar-refractivity contribution >= 4 is 6.03 Å². The highest BCUT2D eigenvalue weighted by molar-refractivity contribution is 5.74. The minimum absolute atomic E-state index is 0.0209. The molecule has 134 valence electrons. The highest BCUT2D eigenvalue weighted by atomic mass is 16.5. The van der Waals surface area contributed by atoms with Gasteiger partial charge in [0.05, 0.1) is 6.04 Å². The summed E-state index contributed by atoms with van der Waals surface area (Å²) in [6, 6.07) is 9.91. The first-order valence-corrected chi connectivity index (χ1v) is 8.82. The minimum atomic E-state index is -0.0975. The first-order valence-electron chi connectivity index (χ1n) is 8.82. The molecule has 1 aliphatic rings. The maximum atomic E-state index is 12.6. The zero-order valence-electron chi connectivity index (χ0n) is 15.5. The molecule has 1 fully saturated rings. The van der Waals surface area contributed by atoms with Crippen molar-refractivity contribution in [1.82, 2.24) is 15.1 Å². The van der Waals surface area contributed by atoms with Gasteiger partial charge in [-0.3, -0.25) is 0 Å². The molecule has 0 spiro atoms. The Bertz CT molecular complexity index is 523. The Morgan fingerprint density at radius 1 is 1.33 bits per heavy atom. The van der Waals surface area contributed by atoms with Crippen LogP contribution < -0.4 is 10.1 Å². The summed E-state index contributed by atoms with van der Waals surface area (Å²) in [5.41, 5.74) is 0.